The highest BCUT2D eigenvalue weighted by atomic mass is 16.6. The monoisotopic (exact) mass is 521 g/mol. The number of benzene rings is 1. The van der Waals surface area contributed by atoms with E-state index in [9.17, 15) is 19.2 Å². The topological polar surface area (TPSA) is 117 Å². The molecule has 0 aromatic heterocycles. The SMILES string of the molecule is CCCCC(=O)Oc1ccc(C[C@H](NCCOC(=O)CC(C)CC)C(=O)OC)cc1OC(=O)CCCC. The third-order valence-corrected chi connectivity index (χ3v) is 5.82. The van der Waals surface area contributed by atoms with E-state index in [0.717, 1.165) is 19.3 Å². The predicted octanol–water partition coefficient (Wildman–Crippen LogP) is 4.53. The van der Waals surface area contributed by atoms with Crippen molar-refractivity contribution < 1.29 is 38.1 Å². The molecule has 0 aliphatic heterocycles. The summed E-state index contributed by atoms with van der Waals surface area (Å²) in [6, 6.07) is 4.14. The molecule has 0 heterocycles. The van der Waals surface area contributed by atoms with E-state index in [1.54, 1.807) is 18.2 Å². The van der Waals surface area contributed by atoms with Gasteiger partial charge >= 0.3 is 23.9 Å². The Kier molecular flexibility index (Phi) is 15.9. The van der Waals surface area contributed by atoms with Gasteiger partial charge in [0.1, 0.15) is 12.6 Å². The quantitative estimate of drug-likeness (QED) is 0.169. The lowest BCUT2D eigenvalue weighted by molar-refractivity contribution is -0.145. The summed E-state index contributed by atoms with van der Waals surface area (Å²) >= 11 is 0. The van der Waals surface area contributed by atoms with Crippen molar-refractivity contribution >= 4 is 23.9 Å². The molecule has 2 atom stereocenters. The first-order valence-corrected chi connectivity index (χ1v) is 13.2. The Labute approximate surface area is 220 Å². The normalized spacial score (nSPS) is 12.4. The van der Waals surface area contributed by atoms with Gasteiger partial charge in [-0.25, -0.2) is 0 Å². The number of carbonyl (C=O) groups excluding carboxylic acids is 4. The van der Waals surface area contributed by atoms with Crippen LogP contribution in [0.15, 0.2) is 18.2 Å². The zero-order valence-corrected chi connectivity index (χ0v) is 22.9. The van der Waals surface area contributed by atoms with Crippen LogP contribution < -0.4 is 14.8 Å². The van der Waals surface area contributed by atoms with Gasteiger partial charge in [-0.1, -0.05) is 53.0 Å². The van der Waals surface area contributed by atoms with Crippen LogP contribution >= 0.6 is 0 Å². The van der Waals surface area contributed by atoms with E-state index in [-0.39, 0.29) is 55.8 Å². The fraction of sp³-hybridized carbons (Fsp3) is 0.643. The summed E-state index contributed by atoms with van der Waals surface area (Å²) in [5.74, 6) is -1.05. The van der Waals surface area contributed by atoms with Crippen molar-refractivity contribution in [3.8, 4) is 11.5 Å². The van der Waals surface area contributed by atoms with Gasteiger partial charge in [-0.15, -0.1) is 0 Å². The zero-order chi connectivity index (χ0) is 27.6. The molecule has 1 unspecified atom stereocenters. The number of hydrogen-bond donors (Lipinski definition) is 1. The van der Waals surface area contributed by atoms with E-state index >= 15 is 0 Å². The van der Waals surface area contributed by atoms with Crippen LogP contribution in [0.1, 0.15) is 84.6 Å². The molecule has 0 fully saturated rings. The van der Waals surface area contributed by atoms with E-state index in [1.165, 1.54) is 7.11 Å². The van der Waals surface area contributed by atoms with Crippen molar-refractivity contribution in [2.75, 3.05) is 20.3 Å². The molecule has 0 aliphatic carbocycles. The highest BCUT2D eigenvalue weighted by Gasteiger charge is 2.21. The van der Waals surface area contributed by atoms with Crippen molar-refractivity contribution in [3.05, 3.63) is 23.8 Å². The molecule has 0 aliphatic rings. The summed E-state index contributed by atoms with van der Waals surface area (Å²) in [4.78, 5) is 48.7. The van der Waals surface area contributed by atoms with Crippen LogP contribution in [0.3, 0.4) is 0 Å². The molecule has 1 rings (SSSR count). The maximum atomic E-state index is 12.4. The molecule has 0 saturated heterocycles. The van der Waals surface area contributed by atoms with Crippen LogP contribution in [0, 0.1) is 5.92 Å². The van der Waals surface area contributed by atoms with Crippen LogP contribution in [-0.2, 0) is 35.1 Å². The number of rotatable bonds is 18. The zero-order valence-electron chi connectivity index (χ0n) is 22.9. The lowest BCUT2D eigenvalue weighted by atomic mass is 10.0. The number of carbonyl (C=O) groups is 4. The summed E-state index contributed by atoms with van der Waals surface area (Å²) in [7, 11) is 1.29. The molecule has 9 heteroatoms. The van der Waals surface area contributed by atoms with Gasteiger partial charge in [-0.05, 0) is 42.9 Å². The molecular weight excluding hydrogens is 478 g/mol. The average Bonchev–Trinajstić information content (AvgIpc) is 2.88. The van der Waals surface area contributed by atoms with Crippen molar-refractivity contribution in [1.29, 1.82) is 0 Å². The molecule has 0 amide bonds. The number of esters is 4. The summed E-state index contributed by atoms with van der Waals surface area (Å²) in [5, 5.41) is 3.05. The lowest BCUT2D eigenvalue weighted by Crippen LogP contribution is -2.41. The van der Waals surface area contributed by atoms with Crippen LogP contribution in [0.2, 0.25) is 0 Å². The third kappa shape index (κ3) is 13.3. The summed E-state index contributed by atoms with van der Waals surface area (Å²) in [6.07, 6.45) is 5.04. The van der Waals surface area contributed by atoms with Crippen molar-refractivity contribution in [2.45, 2.75) is 91.5 Å². The molecule has 0 radical (unpaired) electrons. The highest BCUT2D eigenvalue weighted by Crippen LogP contribution is 2.30. The van der Waals surface area contributed by atoms with Gasteiger partial charge < -0.3 is 24.3 Å². The summed E-state index contributed by atoms with van der Waals surface area (Å²) in [5.41, 5.74) is 0.670. The Bertz CT molecular complexity index is 870. The average molecular weight is 522 g/mol. The molecule has 0 bridgehead atoms. The minimum atomic E-state index is -0.722. The number of methoxy groups -OCH3 is 1. The molecule has 0 spiro atoms. The Balaban J connectivity index is 2.92. The Morgan fingerprint density at radius 1 is 0.892 bits per heavy atom. The first kappa shape index (κ1) is 32.1. The fourth-order valence-electron chi connectivity index (χ4n) is 3.34. The van der Waals surface area contributed by atoms with Gasteiger partial charge in [0.25, 0.3) is 0 Å². The molecule has 0 saturated carbocycles. The minimum absolute atomic E-state index is 0.121. The number of unbranched alkanes of at least 4 members (excludes halogenated alkanes) is 2. The second-order valence-electron chi connectivity index (χ2n) is 9.11. The maximum Gasteiger partial charge on any atom is 0.323 e. The van der Waals surface area contributed by atoms with Gasteiger partial charge in [-0.2, -0.15) is 0 Å². The van der Waals surface area contributed by atoms with E-state index in [4.69, 9.17) is 18.9 Å². The maximum absolute atomic E-state index is 12.4. The van der Waals surface area contributed by atoms with Crippen molar-refractivity contribution in [1.82, 2.24) is 5.32 Å². The first-order valence-electron chi connectivity index (χ1n) is 13.2. The molecule has 208 valence electrons. The lowest BCUT2D eigenvalue weighted by Gasteiger charge is -2.18. The molecular formula is C28H43NO8. The Morgan fingerprint density at radius 3 is 2.08 bits per heavy atom. The fourth-order valence-corrected chi connectivity index (χ4v) is 3.34. The number of ether oxygens (including phenoxy) is 4. The van der Waals surface area contributed by atoms with Crippen molar-refractivity contribution in [2.24, 2.45) is 5.92 Å². The van der Waals surface area contributed by atoms with Gasteiger partial charge in [0.2, 0.25) is 0 Å². The summed E-state index contributed by atoms with van der Waals surface area (Å²) in [6.45, 7) is 8.33. The Morgan fingerprint density at radius 2 is 1.51 bits per heavy atom. The largest absolute Gasteiger partial charge is 0.468 e. The van der Waals surface area contributed by atoms with E-state index in [1.807, 2.05) is 27.7 Å². The number of nitrogens with one attached hydrogen (secondary N) is 1. The first-order chi connectivity index (χ1) is 17.7. The minimum Gasteiger partial charge on any atom is -0.468 e. The third-order valence-electron chi connectivity index (χ3n) is 5.82. The van der Waals surface area contributed by atoms with Gasteiger partial charge in [-0.3, -0.25) is 19.2 Å². The molecule has 1 aromatic carbocycles. The van der Waals surface area contributed by atoms with E-state index < -0.39 is 23.9 Å². The van der Waals surface area contributed by atoms with E-state index in [0.29, 0.717) is 24.8 Å². The van der Waals surface area contributed by atoms with Crippen molar-refractivity contribution in [3.63, 3.8) is 0 Å². The van der Waals surface area contributed by atoms with Crippen LogP contribution in [0.4, 0.5) is 0 Å². The van der Waals surface area contributed by atoms with Crippen LogP contribution in [0.5, 0.6) is 11.5 Å². The summed E-state index contributed by atoms with van der Waals surface area (Å²) < 4.78 is 21.1. The van der Waals surface area contributed by atoms with Crippen LogP contribution in [-0.4, -0.2) is 50.2 Å². The molecule has 1 aromatic rings. The second-order valence-corrected chi connectivity index (χ2v) is 9.11. The molecule has 9 nitrogen and oxygen atoms in total. The smallest absolute Gasteiger partial charge is 0.323 e. The predicted molar refractivity (Wildman–Crippen MR) is 139 cm³/mol. The Hall–Kier alpha value is -2.94. The van der Waals surface area contributed by atoms with E-state index in [2.05, 4.69) is 5.32 Å². The second kappa shape index (κ2) is 18.3. The van der Waals surface area contributed by atoms with Gasteiger partial charge in [0, 0.05) is 25.8 Å². The van der Waals surface area contributed by atoms with Crippen LogP contribution in [0.25, 0.3) is 0 Å². The van der Waals surface area contributed by atoms with Gasteiger partial charge in [0.05, 0.1) is 7.11 Å². The number of hydrogen-bond acceptors (Lipinski definition) is 9. The standard InChI is InChI=1S/C28H43NO8/c1-6-9-11-25(30)36-23-14-13-21(19-24(23)37-26(31)12-10-7-2)18-22(28(33)34-5)29-15-16-35-27(32)17-20(4)8-3/h13-14,19-20,22,29H,6-12,15-18H2,1-5H3/t20?,22-/m0/s1. The molecule has 37 heavy (non-hydrogen) atoms. The highest BCUT2D eigenvalue weighted by molar-refractivity contribution is 5.77. The molecule has 1 N–H and O–H groups in total. The van der Waals surface area contributed by atoms with Gasteiger partial charge in [0.15, 0.2) is 11.5 Å².